The number of benzene rings is 2. The summed E-state index contributed by atoms with van der Waals surface area (Å²) < 4.78 is 16.7. The lowest BCUT2D eigenvalue weighted by molar-refractivity contribution is -0.142. The van der Waals surface area contributed by atoms with Gasteiger partial charge in [-0.15, -0.1) is 0 Å². The van der Waals surface area contributed by atoms with Crippen LogP contribution in [0.25, 0.3) is 11.5 Å². The summed E-state index contributed by atoms with van der Waals surface area (Å²) in [5.74, 6) is 1.75. The smallest absolute Gasteiger partial charge is 0.306 e. The van der Waals surface area contributed by atoms with Crippen LogP contribution in [0.15, 0.2) is 88.7 Å². The first-order chi connectivity index (χ1) is 18.1. The lowest BCUT2D eigenvalue weighted by Crippen LogP contribution is -2.09. The molecule has 0 spiro atoms. The number of hydrogen-bond acceptors (Lipinski definition) is 8. The van der Waals surface area contributed by atoms with Gasteiger partial charge in [0.1, 0.15) is 30.4 Å². The van der Waals surface area contributed by atoms with Crippen LogP contribution in [0, 0.1) is 6.92 Å². The van der Waals surface area contributed by atoms with E-state index in [9.17, 15) is 4.79 Å². The summed E-state index contributed by atoms with van der Waals surface area (Å²) >= 11 is 0. The van der Waals surface area contributed by atoms with Gasteiger partial charge in [-0.2, -0.15) is 0 Å². The molecule has 4 rings (SSSR count). The summed E-state index contributed by atoms with van der Waals surface area (Å²) in [5.41, 5.74) is 4.05. The van der Waals surface area contributed by atoms with Crippen molar-refractivity contribution in [3.05, 3.63) is 102 Å². The Hall–Kier alpha value is -4.46. The van der Waals surface area contributed by atoms with E-state index < -0.39 is 0 Å². The van der Waals surface area contributed by atoms with E-state index in [-0.39, 0.29) is 19.0 Å². The molecule has 0 bridgehead atoms. The second kappa shape index (κ2) is 13.0. The summed E-state index contributed by atoms with van der Waals surface area (Å²) in [6, 6.07) is 21.0. The van der Waals surface area contributed by atoms with Crippen molar-refractivity contribution in [2.45, 2.75) is 39.9 Å². The van der Waals surface area contributed by atoms with Crippen molar-refractivity contribution < 1.29 is 23.5 Å². The minimum Gasteiger partial charge on any atom is -0.487 e. The largest absolute Gasteiger partial charge is 0.487 e. The summed E-state index contributed by atoms with van der Waals surface area (Å²) in [4.78, 5) is 26.1. The van der Waals surface area contributed by atoms with Crippen LogP contribution in [-0.4, -0.2) is 28.3 Å². The molecule has 0 saturated carbocycles. The highest BCUT2D eigenvalue weighted by Gasteiger charge is 2.12. The van der Waals surface area contributed by atoms with Crippen LogP contribution < -0.4 is 4.74 Å². The molecule has 0 N–H and O–H groups in total. The van der Waals surface area contributed by atoms with Crippen molar-refractivity contribution >= 4 is 11.7 Å². The Morgan fingerprint density at radius 3 is 2.51 bits per heavy atom. The first kappa shape index (κ1) is 25.6. The molecule has 0 saturated heterocycles. The molecule has 2 aromatic heterocycles. The molecule has 8 nitrogen and oxygen atoms in total. The molecule has 37 heavy (non-hydrogen) atoms. The number of hydrogen-bond donors (Lipinski definition) is 0. The standard InChI is InChI=1S/C29H29N3O5/c1-3-34-28(33)16-15-26(24-10-7-17-30-18-24)32-36-19-22-11-13-25(14-12-22)35-20-27-21(2)37-29(31-27)23-8-5-4-6-9-23/h4-14,17-18H,3,15-16,19-20H2,1-2H3. The number of pyridine rings is 1. The molecule has 0 aliphatic heterocycles. The normalized spacial score (nSPS) is 11.2. The number of ether oxygens (including phenoxy) is 2. The highest BCUT2D eigenvalue weighted by Crippen LogP contribution is 2.23. The molecule has 4 aromatic rings. The summed E-state index contributed by atoms with van der Waals surface area (Å²) in [6.45, 7) is 4.58. The molecule has 0 unspecified atom stereocenters. The van der Waals surface area contributed by atoms with Crippen molar-refractivity contribution in [1.29, 1.82) is 0 Å². The number of aromatic nitrogens is 2. The molecule has 8 heteroatoms. The van der Waals surface area contributed by atoms with Gasteiger partial charge in [0.15, 0.2) is 0 Å². The number of aryl methyl sites for hydroxylation is 1. The number of carbonyl (C=O) groups excluding carboxylic acids is 1. The van der Waals surface area contributed by atoms with E-state index in [0.717, 1.165) is 28.1 Å². The maximum atomic E-state index is 11.8. The fourth-order valence-electron chi connectivity index (χ4n) is 3.51. The molecule has 0 atom stereocenters. The zero-order valence-electron chi connectivity index (χ0n) is 20.9. The van der Waals surface area contributed by atoms with Crippen LogP contribution in [0.1, 0.15) is 42.3 Å². The van der Waals surface area contributed by atoms with Gasteiger partial charge in [-0.05, 0) is 55.8 Å². The van der Waals surface area contributed by atoms with Crippen molar-refractivity contribution in [3.8, 4) is 17.2 Å². The third-order valence-electron chi connectivity index (χ3n) is 5.48. The molecule has 190 valence electrons. The number of esters is 1. The second-order valence-corrected chi connectivity index (χ2v) is 8.18. The van der Waals surface area contributed by atoms with E-state index in [0.29, 0.717) is 37.0 Å². The molecule has 2 aromatic carbocycles. The van der Waals surface area contributed by atoms with Crippen molar-refractivity contribution in [2.75, 3.05) is 6.61 Å². The van der Waals surface area contributed by atoms with Gasteiger partial charge < -0.3 is 18.7 Å². The zero-order chi connectivity index (χ0) is 25.9. The van der Waals surface area contributed by atoms with Gasteiger partial charge in [-0.1, -0.05) is 35.5 Å². The minimum atomic E-state index is -0.271. The van der Waals surface area contributed by atoms with Gasteiger partial charge >= 0.3 is 5.97 Å². The Bertz CT molecular complexity index is 1300. The number of rotatable bonds is 12. The van der Waals surface area contributed by atoms with E-state index in [1.54, 1.807) is 19.3 Å². The quantitative estimate of drug-likeness (QED) is 0.136. The fourth-order valence-corrected chi connectivity index (χ4v) is 3.51. The third-order valence-corrected chi connectivity index (χ3v) is 5.48. The van der Waals surface area contributed by atoms with Gasteiger partial charge in [0.25, 0.3) is 0 Å². The second-order valence-electron chi connectivity index (χ2n) is 8.18. The predicted molar refractivity (Wildman–Crippen MR) is 139 cm³/mol. The van der Waals surface area contributed by atoms with Crippen LogP contribution in [0.3, 0.4) is 0 Å². The van der Waals surface area contributed by atoms with Gasteiger partial charge in [0.05, 0.1) is 18.7 Å². The maximum absolute atomic E-state index is 11.8. The summed E-state index contributed by atoms with van der Waals surface area (Å²) in [7, 11) is 0. The van der Waals surface area contributed by atoms with Gasteiger partial charge in [0.2, 0.25) is 5.89 Å². The van der Waals surface area contributed by atoms with E-state index >= 15 is 0 Å². The van der Waals surface area contributed by atoms with Gasteiger partial charge in [-0.25, -0.2) is 4.98 Å². The molecular formula is C29H29N3O5. The van der Waals surface area contributed by atoms with Crippen molar-refractivity contribution in [2.24, 2.45) is 5.16 Å². The molecule has 0 radical (unpaired) electrons. The van der Waals surface area contributed by atoms with Crippen LogP contribution in [-0.2, 0) is 27.6 Å². The van der Waals surface area contributed by atoms with Gasteiger partial charge in [-0.3, -0.25) is 9.78 Å². The summed E-state index contributed by atoms with van der Waals surface area (Å²) in [5, 5.41) is 4.28. The van der Waals surface area contributed by atoms with Crippen molar-refractivity contribution in [3.63, 3.8) is 0 Å². The molecule has 0 aliphatic carbocycles. The Morgan fingerprint density at radius 2 is 1.78 bits per heavy atom. The number of oxime groups is 1. The Kier molecular flexibility index (Phi) is 9.02. The zero-order valence-corrected chi connectivity index (χ0v) is 20.9. The lowest BCUT2D eigenvalue weighted by atomic mass is 10.1. The Balaban J connectivity index is 1.32. The Morgan fingerprint density at radius 1 is 0.973 bits per heavy atom. The summed E-state index contributed by atoms with van der Waals surface area (Å²) in [6.07, 6.45) is 3.99. The average Bonchev–Trinajstić information content (AvgIpc) is 3.31. The maximum Gasteiger partial charge on any atom is 0.306 e. The molecular weight excluding hydrogens is 470 g/mol. The topological polar surface area (TPSA) is 96.0 Å². The predicted octanol–water partition coefficient (Wildman–Crippen LogP) is 5.89. The van der Waals surface area contributed by atoms with E-state index in [2.05, 4.69) is 15.1 Å². The van der Waals surface area contributed by atoms with E-state index in [1.165, 1.54) is 0 Å². The first-order valence-corrected chi connectivity index (χ1v) is 12.1. The Labute approximate surface area is 215 Å². The first-order valence-electron chi connectivity index (χ1n) is 12.1. The van der Waals surface area contributed by atoms with Gasteiger partial charge in [0, 0.05) is 29.9 Å². The fraction of sp³-hybridized carbons (Fsp3) is 0.241. The number of nitrogens with zero attached hydrogens (tertiary/aromatic N) is 3. The number of carbonyl (C=O) groups is 1. The monoisotopic (exact) mass is 499 g/mol. The van der Waals surface area contributed by atoms with Crippen molar-refractivity contribution in [1.82, 2.24) is 9.97 Å². The van der Waals surface area contributed by atoms with Crippen LogP contribution >= 0.6 is 0 Å². The highest BCUT2D eigenvalue weighted by atomic mass is 16.6. The molecule has 0 fully saturated rings. The number of oxazole rings is 1. The average molecular weight is 500 g/mol. The molecule has 0 amide bonds. The highest BCUT2D eigenvalue weighted by molar-refractivity contribution is 6.01. The van der Waals surface area contributed by atoms with Crippen LogP contribution in [0.4, 0.5) is 0 Å². The molecule has 0 aliphatic rings. The molecule has 2 heterocycles. The lowest BCUT2D eigenvalue weighted by Gasteiger charge is -2.08. The van der Waals surface area contributed by atoms with Crippen LogP contribution in [0.2, 0.25) is 0 Å². The van der Waals surface area contributed by atoms with E-state index in [1.807, 2.05) is 73.7 Å². The van der Waals surface area contributed by atoms with Crippen LogP contribution in [0.5, 0.6) is 5.75 Å². The van der Waals surface area contributed by atoms with E-state index in [4.69, 9.17) is 18.7 Å². The SMILES string of the molecule is CCOC(=O)CCC(=NOCc1ccc(OCc2nc(-c3ccccc3)oc2C)cc1)c1cccnc1. The minimum absolute atomic E-state index is 0.217. The third kappa shape index (κ3) is 7.51.